The lowest BCUT2D eigenvalue weighted by Crippen LogP contribution is -1.98. The van der Waals surface area contributed by atoms with Gasteiger partial charge < -0.3 is 19.3 Å². The quantitative estimate of drug-likeness (QED) is 0.882. The zero-order valence-corrected chi connectivity index (χ0v) is 12.1. The number of Topliss-reactive ketones (excluding diaryl/α,β-unsaturated/α-hetero) is 1. The molecule has 2 aromatic rings. The third-order valence-electron chi connectivity index (χ3n) is 3.36. The third kappa shape index (κ3) is 2.37. The van der Waals surface area contributed by atoms with Crippen LogP contribution in [0, 0.1) is 0 Å². The Hall–Kier alpha value is -2.95. The number of phenols is 1. The zero-order chi connectivity index (χ0) is 15.7. The van der Waals surface area contributed by atoms with E-state index in [2.05, 4.69) is 0 Å². The number of benzene rings is 2. The number of ether oxygens (including phenoxy) is 3. The van der Waals surface area contributed by atoms with Crippen LogP contribution in [0.15, 0.2) is 42.2 Å². The molecule has 1 aliphatic rings. The molecule has 1 aliphatic heterocycles. The molecule has 2 aromatic carbocycles. The fourth-order valence-corrected chi connectivity index (χ4v) is 2.27. The van der Waals surface area contributed by atoms with Gasteiger partial charge in [-0.05, 0) is 35.9 Å². The highest BCUT2D eigenvalue weighted by Crippen LogP contribution is 2.35. The van der Waals surface area contributed by atoms with Crippen molar-refractivity contribution in [2.24, 2.45) is 0 Å². The molecule has 0 amide bonds. The average molecular weight is 298 g/mol. The summed E-state index contributed by atoms with van der Waals surface area (Å²) in [5, 5.41) is 9.44. The average Bonchev–Trinajstić information content (AvgIpc) is 2.82. The lowest BCUT2D eigenvalue weighted by atomic mass is 10.1. The molecule has 22 heavy (non-hydrogen) atoms. The highest BCUT2D eigenvalue weighted by Gasteiger charge is 2.27. The zero-order valence-electron chi connectivity index (χ0n) is 12.1. The predicted molar refractivity (Wildman–Crippen MR) is 80.6 cm³/mol. The van der Waals surface area contributed by atoms with Crippen molar-refractivity contribution in [2.45, 2.75) is 0 Å². The molecule has 0 aliphatic carbocycles. The lowest BCUT2D eigenvalue weighted by molar-refractivity contribution is 0.101. The molecule has 1 heterocycles. The van der Waals surface area contributed by atoms with E-state index in [1.54, 1.807) is 44.6 Å². The molecule has 1 N–H and O–H groups in total. The molecular formula is C17H14O5. The molecule has 0 unspecified atom stereocenters. The van der Waals surface area contributed by atoms with Gasteiger partial charge in [0, 0.05) is 6.07 Å². The van der Waals surface area contributed by atoms with Crippen LogP contribution in [0.1, 0.15) is 15.9 Å². The van der Waals surface area contributed by atoms with Gasteiger partial charge in [-0.15, -0.1) is 0 Å². The van der Waals surface area contributed by atoms with Crippen LogP contribution in [0.25, 0.3) is 6.08 Å². The van der Waals surface area contributed by atoms with Crippen molar-refractivity contribution < 1.29 is 24.1 Å². The molecule has 0 saturated heterocycles. The summed E-state index contributed by atoms with van der Waals surface area (Å²) in [4.78, 5) is 12.3. The molecule has 0 spiro atoms. The third-order valence-corrected chi connectivity index (χ3v) is 3.36. The van der Waals surface area contributed by atoms with Gasteiger partial charge in [0.25, 0.3) is 0 Å². The van der Waals surface area contributed by atoms with Crippen LogP contribution in [0.4, 0.5) is 0 Å². The second-order valence-corrected chi connectivity index (χ2v) is 4.73. The molecular weight excluding hydrogens is 284 g/mol. The van der Waals surface area contributed by atoms with Crippen LogP contribution in [-0.2, 0) is 0 Å². The van der Waals surface area contributed by atoms with Crippen molar-refractivity contribution >= 4 is 11.9 Å². The van der Waals surface area contributed by atoms with Gasteiger partial charge in [-0.3, -0.25) is 4.79 Å². The van der Waals surface area contributed by atoms with E-state index < -0.39 is 0 Å². The van der Waals surface area contributed by atoms with E-state index in [4.69, 9.17) is 14.2 Å². The fraction of sp³-hybridized carbons (Fsp3) is 0.118. The number of allylic oxidation sites excluding steroid dienone is 1. The molecule has 0 bridgehead atoms. The van der Waals surface area contributed by atoms with Crippen molar-refractivity contribution in [3.63, 3.8) is 0 Å². The Morgan fingerprint density at radius 1 is 1.05 bits per heavy atom. The SMILES string of the molecule is COc1ccc(/C=C2/Oc3cc(O)ccc3C2=O)cc1OC. The molecule has 112 valence electrons. The number of ketones is 1. The van der Waals surface area contributed by atoms with Gasteiger partial charge in [-0.25, -0.2) is 0 Å². The summed E-state index contributed by atoms with van der Waals surface area (Å²) < 4.78 is 15.9. The molecule has 0 radical (unpaired) electrons. The minimum atomic E-state index is -0.218. The second kappa shape index (κ2) is 5.44. The van der Waals surface area contributed by atoms with Crippen LogP contribution in [-0.4, -0.2) is 25.1 Å². The van der Waals surface area contributed by atoms with Crippen molar-refractivity contribution in [3.8, 4) is 23.0 Å². The largest absolute Gasteiger partial charge is 0.508 e. The first-order chi connectivity index (χ1) is 10.6. The molecule has 0 aromatic heterocycles. The number of hydrogen-bond donors (Lipinski definition) is 1. The number of hydrogen-bond acceptors (Lipinski definition) is 5. The van der Waals surface area contributed by atoms with Crippen molar-refractivity contribution in [2.75, 3.05) is 14.2 Å². The fourth-order valence-electron chi connectivity index (χ4n) is 2.27. The number of methoxy groups -OCH3 is 2. The highest BCUT2D eigenvalue weighted by atomic mass is 16.5. The first-order valence-corrected chi connectivity index (χ1v) is 6.61. The maximum atomic E-state index is 12.3. The van der Waals surface area contributed by atoms with Gasteiger partial charge in [0.05, 0.1) is 19.8 Å². The van der Waals surface area contributed by atoms with Gasteiger partial charge in [0.1, 0.15) is 11.5 Å². The van der Waals surface area contributed by atoms with Gasteiger partial charge in [-0.1, -0.05) is 6.07 Å². The van der Waals surface area contributed by atoms with E-state index in [0.717, 1.165) is 5.56 Å². The highest BCUT2D eigenvalue weighted by molar-refractivity contribution is 6.14. The maximum absolute atomic E-state index is 12.3. The van der Waals surface area contributed by atoms with E-state index in [0.29, 0.717) is 22.8 Å². The topological polar surface area (TPSA) is 65.0 Å². The number of carbonyl (C=O) groups excluding carboxylic acids is 1. The van der Waals surface area contributed by atoms with Gasteiger partial charge in [-0.2, -0.15) is 0 Å². The Balaban J connectivity index is 1.96. The summed E-state index contributed by atoms with van der Waals surface area (Å²) in [6, 6.07) is 9.72. The van der Waals surface area contributed by atoms with Crippen molar-refractivity contribution in [3.05, 3.63) is 53.3 Å². The number of rotatable bonds is 3. The Morgan fingerprint density at radius 2 is 1.82 bits per heavy atom. The minimum absolute atomic E-state index is 0.0546. The minimum Gasteiger partial charge on any atom is -0.508 e. The Morgan fingerprint density at radius 3 is 2.55 bits per heavy atom. The van der Waals surface area contributed by atoms with E-state index >= 15 is 0 Å². The Bertz CT molecular complexity index is 777. The Labute approximate surface area is 127 Å². The number of phenolic OH excluding ortho intramolecular Hbond substituents is 1. The second-order valence-electron chi connectivity index (χ2n) is 4.73. The molecule has 0 atom stereocenters. The number of aromatic hydroxyl groups is 1. The maximum Gasteiger partial charge on any atom is 0.231 e. The lowest BCUT2D eigenvalue weighted by Gasteiger charge is -2.08. The summed E-state index contributed by atoms with van der Waals surface area (Å²) in [5.74, 6) is 1.57. The molecule has 5 nitrogen and oxygen atoms in total. The smallest absolute Gasteiger partial charge is 0.231 e. The first-order valence-electron chi connectivity index (χ1n) is 6.61. The van der Waals surface area contributed by atoms with E-state index in [1.807, 2.05) is 0 Å². The van der Waals surface area contributed by atoms with Crippen LogP contribution < -0.4 is 14.2 Å². The van der Waals surface area contributed by atoms with Crippen molar-refractivity contribution in [1.82, 2.24) is 0 Å². The summed E-state index contributed by atoms with van der Waals surface area (Å²) in [7, 11) is 3.10. The summed E-state index contributed by atoms with van der Waals surface area (Å²) in [6.45, 7) is 0. The van der Waals surface area contributed by atoms with Gasteiger partial charge in [0.15, 0.2) is 17.3 Å². The van der Waals surface area contributed by atoms with E-state index in [1.165, 1.54) is 12.1 Å². The number of fused-ring (bicyclic) bond motifs is 1. The van der Waals surface area contributed by atoms with Gasteiger partial charge in [0.2, 0.25) is 5.78 Å². The van der Waals surface area contributed by atoms with E-state index in [-0.39, 0.29) is 17.3 Å². The molecule has 0 fully saturated rings. The van der Waals surface area contributed by atoms with Crippen LogP contribution in [0.3, 0.4) is 0 Å². The van der Waals surface area contributed by atoms with Crippen LogP contribution >= 0.6 is 0 Å². The first kappa shape index (κ1) is 14.0. The molecule has 3 rings (SSSR count). The predicted octanol–water partition coefficient (Wildman–Crippen LogP) is 3.03. The Kier molecular flexibility index (Phi) is 3.47. The van der Waals surface area contributed by atoms with Gasteiger partial charge >= 0.3 is 0 Å². The van der Waals surface area contributed by atoms with E-state index in [9.17, 15) is 9.90 Å². The van der Waals surface area contributed by atoms with Crippen LogP contribution in [0.2, 0.25) is 0 Å². The van der Waals surface area contributed by atoms with Crippen molar-refractivity contribution in [1.29, 1.82) is 0 Å². The summed E-state index contributed by atoms with van der Waals surface area (Å²) in [5.41, 5.74) is 1.18. The number of carbonyl (C=O) groups is 1. The standard InChI is InChI=1S/C17H14O5/c1-20-13-6-3-10(7-15(13)21-2)8-16-17(19)12-5-4-11(18)9-14(12)22-16/h3-9,18H,1-2H3/b16-8+. The summed E-state index contributed by atoms with van der Waals surface area (Å²) in [6.07, 6.45) is 1.63. The van der Waals surface area contributed by atoms with Crippen LogP contribution in [0.5, 0.6) is 23.0 Å². The molecule has 0 saturated carbocycles. The summed E-state index contributed by atoms with van der Waals surface area (Å²) >= 11 is 0. The molecule has 5 heteroatoms. The normalized spacial score (nSPS) is 14.6. The monoisotopic (exact) mass is 298 g/mol.